The fraction of sp³-hybridized carbons (Fsp3) is 0.417. The van der Waals surface area contributed by atoms with Crippen molar-refractivity contribution in [1.29, 1.82) is 0 Å². The Hall–Kier alpha value is -1.35. The first-order valence-corrected chi connectivity index (χ1v) is 5.16. The molecule has 1 N–H and O–H groups in total. The molecule has 0 aliphatic rings. The Morgan fingerprint density at radius 3 is 2.60 bits per heavy atom. The molecule has 3 heteroatoms. The highest BCUT2D eigenvalue weighted by atomic mass is 16.1. The Morgan fingerprint density at radius 2 is 2.00 bits per heavy atom. The maximum atomic E-state index is 11.3. The lowest BCUT2D eigenvalue weighted by Crippen LogP contribution is -2.15. The molecule has 0 aliphatic carbocycles. The van der Waals surface area contributed by atoms with Crippen LogP contribution in [-0.2, 0) is 11.3 Å². The summed E-state index contributed by atoms with van der Waals surface area (Å²) in [7, 11) is 4.02. The number of carbonyl (C=O) groups excluding carboxylic acids is 1. The Labute approximate surface area is 91.1 Å². The van der Waals surface area contributed by atoms with Gasteiger partial charge in [-0.25, -0.2) is 0 Å². The minimum Gasteiger partial charge on any atom is -0.326 e. The van der Waals surface area contributed by atoms with Gasteiger partial charge < -0.3 is 10.2 Å². The molecule has 1 aromatic rings. The minimum absolute atomic E-state index is 0.0567. The maximum absolute atomic E-state index is 11.3. The molecule has 0 heterocycles. The van der Waals surface area contributed by atoms with Crippen LogP contribution >= 0.6 is 0 Å². The normalized spacial score (nSPS) is 10.4. The van der Waals surface area contributed by atoms with Gasteiger partial charge in [-0.1, -0.05) is 25.1 Å². The van der Waals surface area contributed by atoms with E-state index in [1.54, 1.807) is 0 Å². The highest BCUT2D eigenvalue weighted by molar-refractivity contribution is 5.91. The molecule has 0 fully saturated rings. The van der Waals surface area contributed by atoms with Crippen molar-refractivity contribution in [1.82, 2.24) is 4.90 Å². The molecule has 0 bridgehead atoms. The molecule has 82 valence electrons. The smallest absolute Gasteiger partial charge is 0.224 e. The van der Waals surface area contributed by atoms with Crippen LogP contribution in [0.15, 0.2) is 24.3 Å². The van der Waals surface area contributed by atoms with Gasteiger partial charge in [-0.3, -0.25) is 4.79 Å². The summed E-state index contributed by atoms with van der Waals surface area (Å²) in [4.78, 5) is 13.4. The van der Waals surface area contributed by atoms with Crippen LogP contribution in [0, 0.1) is 0 Å². The third-order valence-electron chi connectivity index (χ3n) is 2.10. The number of para-hydroxylation sites is 1. The fourth-order valence-corrected chi connectivity index (χ4v) is 1.36. The van der Waals surface area contributed by atoms with E-state index in [9.17, 15) is 4.79 Å². The van der Waals surface area contributed by atoms with Crippen LogP contribution in [0.4, 0.5) is 5.69 Å². The summed E-state index contributed by atoms with van der Waals surface area (Å²) < 4.78 is 0. The third-order valence-corrected chi connectivity index (χ3v) is 2.10. The molecule has 0 spiro atoms. The van der Waals surface area contributed by atoms with Gasteiger partial charge in [0.05, 0.1) is 0 Å². The number of nitrogens with zero attached hydrogens (tertiary/aromatic N) is 1. The number of benzene rings is 1. The van der Waals surface area contributed by atoms with Crippen LogP contribution < -0.4 is 5.32 Å². The first kappa shape index (κ1) is 11.7. The lowest BCUT2D eigenvalue weighted by atomic mass is 10.1. The van der Waals surface area contributed by atoms with Gasteiger partial charge in [0.2, 0.25) is 5.91 Å². The molecule has 0 unspecified atom stereocenters. The molecule has 0 aromatic heterocycles. The van der Waals surface area contributed by atoms with Crippen LogP contribution in [0.2, 0.25) is 0 Å². The topological polar surface area (TPSA) is 32.3 Å². The Morgan fingerprint density at radius 1 is 1.33 bits per heavy atom. The highest BCUT2D eigenvalue weighted by Crippen LogP contribution is 2.16. The summed E-state index contributed by atoms with van der Waals surface area (Å²) in [5.74, 6) is 0.0567. The van der Waals surface area contributed by atoms with E-state index in [2.05, 4.69) is 10.2 Å². The van der Waals surface area contributed by atoms with E-state index in [0.29, 0.717) is 6.42 Å². The number of nitrogens with one attached hydrogen (secondary N) is 1. The molecular weight excluding hydrogens is 188 g/mol. The summed E-state index contributed by atoms with van der Waals surface area (Å²) >= 11 is 0. The van der Waals surface area contributed by atoms with Gasteiger partial charge in [0, 0.05) is 18.7 Å². The number of anilines is 1. The van der Waals surface area contributed by atoms with Crippen molar-refractivity contribution in [3.05, 3.63) is 29.8 Å². The summed E-state index contributed by atoms with van der Waals surface area (Å²) in [5.41, 5.74) is 2.06. The van der Waals surface area contributed by atoms with Crippen molar-refractivity contribution >= 4 is 11.6 Å². The van der Waals surface area contributed by atoms with Crippen molar-refractivity contribution in [2.24, 2.45) is 0 Å². The quantitative estimate of drug-likeness (QED) is 0.818. The second-order valence-corrected chi connectivity index (χ2v) is 3.80. The van der Waals surface area contributed by atoms with Gasteiger partial charge in [0.1, 0.15) is 0 Å². The lowest BCUT2D eigenvalue weighted by Gasteiger charge is -2.14. The van der Waals surface area contributed by atoms with Crippen LogP contribution in [-0.4, -0.2) is 24.9 Å². The second kappa shape index (κ2) is 5.51. The predicted octanol–water partition coefficient (Wildman–Crippen LogP) is 2.10. The van der Waals surface area contributed by atoms with Gasteiger partial charge >= 0.3 is 0 Å². The fourth-order valence-electron chi connectivity index (χ4n) is 1.36. The average Bonchev–Trinajstić information content (AvgIpc) is 2.20. The lowest BCUT2D eigenvalue weighted by molar-refractivity contribution is -0.115. The van der Waals surface area contributed by atoms with Crippen LogP contribution in [0.5, 0.6) is 0 Å². The molecule has 15 heavy (non-hydrogen) atoms. The number of hydrogen-bond donors (Lipinski definition) is 1. The average molecular weight is 206 g/mol. The Balaban J connectivity index is 2.81. The van der Waals surface area contributed by atoms with Crippen molar-refractivity contribution in [3.63, 3.8) is 0 Å². The number of hydrogen-bond acceptors (Lipinski definition) is 2. The van der Waals surface area contributed by atoms with Crippen molar-refractivity contribution in [3.8, 4) is 0 Å². The minimum atomic E-state index is 0.0567. The van der Waals surface area contributed by atoms with Gasteiger partial charge in [-0.2, -0.15) is 0 Å². The maximum Gasteiger partial charge on any atom is 0.224 e. The zero-order valence-corrected chi connectivity index (χ0v) is 9.58. The zero-order valence-electron chi connectivity index (χ0n) is 9.58. The third kappa shape index (κ3) is 3.72. The molecule has 0 saturated heterocycles. The van der Waals surface area contributed by atoms with E-state index >= 15 is 0 Å². The number of rotatable bonds is 4. The van der Waals surface area contributed by atoms with Crippen LogP contribution in [0.25, 0.3) is 0 Å². The van der Waals surface area contributed by atoms with Gasteiger partial charge in [0.25, 0.3) is 0 Å². The molecule has 1 aromatic carbocycles. The number of carbonyl (C=O) groups is 1. The SMILES string of the molecule is CCC(=O)Nc1ccccc1CN(C)C. The summed E-state index contributed by atoms with van der Waals surface area (Å²) in [5, 5.41) is 2.90. The van der Waals surface area contributed by atoms with Gasteiger partial charge in [0.15, 0.2) is 0 Å². The molecule has 0 radical (unpaired) electrons. The molecule has 1 rings (SSSR count). The second-order valence-electron chi connectivity index (χ2n) is 3.80. The van der Waals surface area contributed by atoms with E-state index in [1.165, 1.54) is 0 Å². The summed E-state index contributed by atoms with van der Waals surface area (Å²) in [6, 6.07) is 7.89. The van der Waals surface area contributed by atoms with E-state index < -0.39 is 0 Å². The van der Waals surface area contributed by atoms with Crippen molar-refractivity contribution < 1.29 is 4.79 Å². The van der Waals surface area contributed by atoms with E-state index in [0.717, 1.165) is 17.8 Å². The Bertz CT molecular complexity index is 334. The molecule has 0 saturated carbocycles. The Kier molecular flexibility index (Phi) is 4.31. The van der Waals surface area contributed by atoms with E-state index in [4.69, 9.17) is 0 Å². The first-order valence-electron chi connectivity index (χ1n) is 5.16. The molecule has 0 atom stereocenters. The van der Waals surface area contributed by atoms with E-state index in [-0.39, 0.29) is 5.91 Å². The standard InChI is InChI=1S/C12H18N2O/c1-4-12(15)13-11-8-6-5-7-10(11)9-14(2)3/h5-8H,4,9H2,1-3H3,(H,13,15). The number of amides is 1. The van der Waals surface area contributed by atoms with Crippen LogP contribution in [0.1, 0.15) is 18.9 Å². The van der Waals surface area contributed by atoms with Crippen LogP contribution in [0.3, 0.4) is 0 Å². The first-order chi connectivity index (χ1) is 7.13. The molecule has 3 nitrogen and oxygen atoms in total. The molecular formula is C12H18N2O. The summed E-state index contributed by atoms with van der Waals surface area (Å²) in [6.45, 7) is 2.68. The molecule has 1 amide bonds. The zero-order chi connectivity index (χ0) is 11.3. The monoisotopic (exact) mass is 206 g/mol. The summed E-state index contributed by atoms with van der Waals surface area (Å²) in [6.07, 6.45) is 0.510. The van der Waals surface area contributed by atoms with E-state index in [1.807, 2.05) is 45.3 Å². The highest BCUT2D eigenvalue weighted by Gasteiger charge is 2.04. The van der Waals surface area contributed by atoms with Crippen molar-refractivity contribution in [2.75, 3.05) is 19.4 Å². The molecule has 0 aliphatic heterocycles. The van der Waals surface area contributed by atoms with Crippen molar-refractivity contribution in [2.45, 2.75) is 19.9 Å². The van der Waals surface area contributed by atoms with Gasteiger partial charge in [-0.05, 0) is 25.7 Å². The predicted molar refractivity (Wildman–Crippen MR) is 62.8 cm³/mol. The van der Waals surface area contributed by atoms with Gasteiger partial charge in [-0.15, -0.1) is 0 Å². The largest absolute Gasteiger partial charge is 0.326 e.